The Balaban J connectivity index is 0.00000320. The number of halogens is 1. The summed E-state index contributed by atoms with van der Waals surface area (Å²) in [5.41, 5.74) is 0.187. The quantitative estimate of drug-likeness (QED) is 0.304. The second-order valence-corrected chi connectivity index (χ2v) is 8.46. The molecule has 2 N–H and O–H groups in total. The van der Waals surface area contributed by atoms with Crippen LogP contribution in [0.5, 0.6) is 0 Å². The van der Waals surface area contributed by atoms with Crippen molar-refractivity contribution in [2.24, 2.45) is 4.99 Å². The summed E-state index contributed by atoms with van der Waals surface area (Å²) in [6.45, 7) is 8.30. The van der Waals surface area contributed by atoms with E-state index in [-0.39, 0.29) is 35.6 Å². The summed E-state index contributed by atoms with van der Waals surface area (Å²) < 4.78 is 11.2. The van der Waals surface area contributed by atoms with Crippen LogP contribution in [0.3, 0.4) is 0 Å². The minimum atomic E-state index is 0. The van der Waals surface area contributed by atoms with E-state index in [0.717, 1.165) is 57.7 Å². The number of nitrogens with one attached hydrogen (secondary N) is 2. The van der Waals surface area contributed by atoms with E-state index in [4.69, 9.17) is 14.1 Å². The SMILES string of the molecule is CCNC(=NCC1(N2CCOCC2)CCCCC1)NCC(c1ccco1)N(C)C.I. The first kappa shape index (κ1) is 25.4. The number of morpholine rings is 1. The molecule has 1 atom stereocenters. The summed E-state index contributed by atoms with van der Waals surface area (Å²) in [6.07, 6.45) is 8.17. The highest BCUT2D eigenvalue weighted by Gasteiger charge is 2.38. The molecular weight excluding hydrogens is 493 g/mol. The highest BCUT2D eigenvalue weighted by Crippen LogP contribution is 2.34. The van der Waals surface area contributed by atoms with Crippen LogP contribution in [0.2, 0.25) is 0 Å². The van der Waals surface area contributed by atoms with Crippen molar-refractivity contribution in [3.8, 4) is 0 Å². The average Bonchev–Trinajstić information content (AvgIpc) is 3.27. The Labute approximate surface area is 199 Å². The number of ether oxygens (including phenoxy) is 1. The topological polar surface area (TPSA) is 65.3 Å². The highest BCUT2D eigenvalue weighted by atomic mass is 127. The summed E-state index contributed by atoms with van der Waals surface area (Å²) >= 11 is 0. The molecule has 1 saturated heterocycles. The van der Waals surface area contributed by atoms with Crippen molar-refractivity contribution in [3.63, 3.8) is 0 Å². The second kappa shape index (κ2) is 12.9. The number of aliphatic imine (C=N–C) groups is 1. The third kappa shape index (κ3) is 6.83. The summed E-state index contributed by atoms with van der Waals surface area (Å²) in [4.78, 5) is 9.88. The molecule has 1 aromatic heterocycles. The number of hydrogen-bond donors (Lipinski definition) is 2. The van der Waals surface area contributed by atoms with Crippen LogP contribution in [0.1, 0.15) is 50.8 Å². The Kier molecular flexibility index (Phi) is 10.9. The molecule has 8 heteroatoms. The van der Waals surface area contributed by atoms with Crippen molar-refractivity contribution in [3.05, 3.63) is 24.2 Å². The minimum absolute atomic E-state index is 0. The first-order valence-corrected chi connectivity index (χ1v) is 11.2. The molecule has 172 valence electrons. The molecule has 0 spiro atoms. The van der Waals surface area contributed by atoms with Crippen molar-refractivity contribution in [2.45, 2.75) is 50.6 Å². The van der Waals surface area contributed by atoms with Crippen LogP contribution in [0.15, 0.2) is 27.8 Å². The molecule has 0 aromatic carbocycles. The van der Waals surface area contributed by atoms with Gasteiger partial charge in [0.25, 0.3) is 0 Å². The molecule has 0 amide bonds. The van der Waals surface area contributed by atoms with Gasteiger partial charge >= 0.3 is 0 Å². The lowest BCUT2D eigenvalue weighted by atomic mass is 9.80. The molecule has 2 heterocycles. The van der Waals surface area contributed by atoms with Crippen molar-refractivity contribution in [1.82, 2.24) is 20.4 Å². The maximum absolute atomic E-state index is 5.64. The molecule has 1 saturated carbocycles. The fourth-order valence-electron chi connectivity index (χ4n) is 4.60. The van der Waals surface area contributed by atoms with Gasteiger partial charge in [0.05, 0.1) is 32.1 Å². The monoisotopic (exact) mass is 533 g/mol. The lowest BCUT2D eigenvalue weighted by Crippen LogP contribution is -2.56. The van der Waals surface area contributed by atoms with Crippen LogP contribution in [-0.4, -0.2) is 81.3 Å². The van der Waals surface area contributed by atoms with E-state index in [1.165, 1.54) is 32.1 Å². The Bertz CT molecular complexity index is 611. The van der Waals surface area contributed by atoms with E-state index >= 15 is 0 Å². The molecule has 1 aliphatic carbocycles. The van der Waals surface area contributed by atoms with Crippen LogP contribution in [0.25, 0.3) is 0 Å². The third-order valence-corrected chi connectivity index (χ3v) is 6.30. The standard InChI is InChI=1S/C22H39N5O2.HI/c1-4-23-21(24-17-19(26(2)3)20-9-8-14-29-20)25-18-22(10-6-5-7-11-22)27-12-15-28-16-13-27;/h8-9,14,19H,4-7,10-13,15-18H2,1-3H3,(H2,23,24,25);1H. The molecule has 2 fully saturated rings. The lowest BCUT2D eigenvalue weighted by molar-refractivity contribution is -0.0333. The van der Waals surface area contributed by atoms with Gasteiger partial charge < -0.3 is 19.8 Å². The fourth-order valence-corrected chi connectivity index (χ4v) is 4.60. The van der Waals surface area contributed by atoms with Gasteiger partial charge in [-0.2, -0.15) is 0 Å². The van der Waals surface area contributed by atoms with Gasteiger partial charge in [-0.1, -0.05) is 19.3 Å². The van der Waals surface area contributed by atoms with E-state index < -0.39 is 0 Å². The summed E-state index contributed by atoms with van der Waals surface area (Å²) in [5, 5.41) is 6.97. The Morgan fingerprint density at radius 1 is 1.20 bits per heavy atom. The third-order valence-electron chi connectivity index (χ3n) is 6.30. The van der Waals surface area contributed by atoms with Crippen LogP contribution >= 0.6 is 24.0 Å². The zero-order chi connectivity index (χ0) is 20.5. The van der Waals surface area contributed by atoms with Gasteiger partial charge in [0.1, 0.15) is 5.76 Å². The fraction of sp³-hybridized carbons (Fsp3) is 0.773. The van der Waals surface area contributed by atoms with Gasteiger partial charge in [0.15, 0.2) is 5.96 Å². The van der Waals surface area contributed by atoms with E-state index in [1.807, 2.05) is 12.1 Å². The van der Waals surface area contributed by atoms with Crippen molar-refractivity contribution >= 4 is 29.9 Å². The number of nitrogens with zero attached hydrogens (tertiary/aromatic N) is 3. The van der Waals surface area contributed by atoms with Crippen LogP contribution in [-0.2, 0) is 4.74 Å². The smallest absolute Gasteiger partial charge is 0.191 e. The number of furan rings is 1. The van der Waals surface area contributed by atoms with Gasteiger partial charge in [0, 0.05) is 31.7 Å². The van der Waals surface area contributed by atoms with Crippen molar-refractivity contribution in [1.29, 1.82) is 0 Å². The summed E-state index contributed by atoms with van der Waals surface area (Å²) in [5.74, 6) is 1.86. The zero-order valence-corrected chi connectivity index (χ0v) is 21.2. The van der Waals surface area contributed by atoms with E-state index in [0.29, 0.717) is 0 Å². The van der Waals surface area contributed by atoms with E-state index in [9.17, 15) is 0 Å². The zero-order valence-electron chi connectivity index (χ0n) is 18.9. The number of hydrogen-bond acceptors (Lipinski definition) is 5. The van der Waals surface area contributed by atoms with Gasteiger partial charge in [-0.15, -0.1) is 24.0 Å². The Hall–Kier alpha value is -0.840. The lowest BCUT2D eigenvalue weighted by Gasteiger charge is -2.47. The van der Waals surface area contributed by atoms with Gasteiger partial charge in [-0.3, -0.25) is 14.8 Å². The van der Waals surface area contributed by atoms with Gasteiger partial charge in [0.2, 0.25) is 0 Å². The number of likely N-dealkylation sites (N-methyl/N-ethyl adjacent to an activating group) is 1. The molecular formula is C22H40IN5O2. The Morgan fingerprint density at radius 2 is 1.93 bits per heavy atom. The molecule has 30 heavy (non-hydrogen) atoms. The van der Waals surface area contributed by atoms with E-state index in [2.05, 4.69) is 41.5 Å². The van der Waals surface area contributed by atoms with Gasteiger partial charge in [-0.05, 0) is 46.0 Å². The van der Waals surface area contributed by atoms with Crippen LogP contribution < -0.4 is 10.6 Å². The first-order valence-electron chi connectivity index (χ1n) is 11.2. The highest BCUT2D eigenvalue weighted by molar-refractivity contribution is 14.0. The summed E-state index contributed by atoms with van der Waals surface area (Å²) in [7, 11) is 4.16. The van der Waals surface area contributed by atoms with E-state index in [1.54, 1.807) is 6.26 Å². The normalized spacial score (nSPS) is 21.1. The largest absolute Gasteiger partial charge is 0.468 e. The van der Waals surface area contributed by atoms with Crippen LogP contribution in [0.4, 0.5) is 0 Å². The first-order chi connectivity index (χ1) is 14.1. The number of guanidine groups is 1. The molecule has 1 aliphatic heterocycles. The molecule has 0 radical (unpaired) electrons. The maximum atomic E-state index is 5.64. The van der Waals surface area contributed by atoms with Crippen molar-refractivity contribution < 1.29 is 9.15 Å². The Morgan fingerprint density at radius 3 is 2.53 bits per heavy atom. The minimum Gasteiger partial charge on any atom is -0.468 e. The van der Waals surface area contributed by atoms with Crippen LogP contribution in [0, 0.1) is 0 Å². The van der Waals surface area contributed by atoms with Gasteiger partial charge in [-0.25, -0.2) is 0 Å². The molecule has 0 bridgehead atoms. The maximum Gasteiger partial charge on any atom is 0.191 e. The number of rotatable bonds is 8. The predicted octanol–water partition coefficient (Wildman–Crippen LogP) is 3.09. The predicted molar refractivity (Wildman–Crippen MR) is 133 cm³/mol. The van der Waals surface area contributed by atoms with Crippen molar-refractivity contribution in [2.75, 3.05) is 60.0 Å². The summed E-state index contributed by atoms with van der Waals surface area (Å²) in [6, 6.07) is 4.14. The molecule has 2 aliphatic rings. The molecule has 7 nitrogen and oxygen atoms in total. The average molecular weight is 533 g/mol. The molecule has 3 rings (SSSR count). The molecule has 1 aromatic rings. The second-order valence-electron chi connectivity index (χ2n) is 8.46. The molecule has 1 unspecified atom stereocenters.